The highest BCUT2D eigenvalue weighted by molar-refractivity contribution is 7.17. The minimum Gasteiger partial charge on any atom is -0.462 e. The lowest BCUT2D eigenvalue weighted by molar-refractivity contribution is -0.141. The number of esters is 1. The zero-order valence-electron chi connectivity index (χ0n) is 10.1. The van der Waals surface area contributed by atoms with E-state index < -0.39 is 22.7 Å². The molecule has 6 nitrogen and oxygen atoms in total. The Morgan fingerprint density at radius 1 is 1.55 bits per heavy atom. The van der Waals surface area contributed by atoms with E-state index in [9.17, 15) is 18.0 Å². The second-order valence-corrected chi connectivity index (χ2v) is 4.50. The van der Waals surface area contributed by atoms with Crippen LogP contribution in [0.25, 0.3) is 0 Å². The molecule has 0 atom stereocenters. The van der Waals surface area contributed by atoms with Gasteiger partial charge in [0.1, 0.15) is 4.88 Å². The average molecular weight is 306 g/mol. The summed E-state index contributed by atoms with van der Waals surface area (Å²) in [4.78, 5) is 14.3. The highest BCUT2D eigenvalue weighted by Crippen LogP contribution is 2.37. The third kappa shape index (κ3) is 3.07. The molecule has 0 aliphatic heterocycles. The Kier molecular flexibility index (Phi) is 3.93. The number of H-pyrrole nitrogens is 1. The van der Waals surface area contributed by atoms with Crippen molar-refractivity contribution in [3.05, 3.63) is 22.8 Å². The lowest BCUT2D eigenvalue weighted by Crippen LogP contribution is -2.13. The summed E-state index contributed by atoms with van der Waals surface area (Å²) in [5.74, 6) is -0.754. The number of alkyl halides is 3. The molecule has 2 N–H and O–H groups in total. The molecule has 0 amide bonds. The van der Waals surface area contributed by atoms with Crippen molar-refractivity contribution >= 4 is 28.3 Å². The van der Waals surface area contributed by atoms with Gasteiger partial charge in [0.05, 0.1) is 6.61 Å². The van der Waals surface area contributed by atoms with Gasteiger partial charge in [-0.05, 0) is 6.92 Å². The summed E-state index contributed by atoms with van der Waals surface area (Å²) >= 11 is 0.562. The molecule has 0 spiro atoms. The number of rotatable bonds is 4. The Balaban J connectivity index is 2.34. The van der Waals surface area contributed by atoms with Crippen LogP contribution in [0.1, 0.15) is 22.3 Å². The van der Waals surface area contributed by atoms with Gasteiger partial charge in [0.25, 0.3) is 0 Å². The van der Waals surface area contributed by atoms with E-state index in [0.717, 1.165) is 0 Å². The van der Waals surface area contributed by atoms with Gasteiger partial charge in [0.15, 0.2) is 16.6 Å². The molecule has 20 heavy (non-hydrogen) atoms. The Hall–Kier alpha value is -2.10. The highest BCUT2D eigenvalue weighted by atomic mass is 32.1. The first-order valence-corrected chi connectivity index (χ1v) is 6.25. The van der Waals surface area contributed by atoms with Gasteiger partial charge in [0.2, 0.25) is 0 Å². The molecule has 2 heterocycles. The molecule has 0 fully saturated rings. The van der Waals surface area contributed by atoms with E-state index in [-0.39, 0.29) is 11.7 Å². The number of carbonyl (C=O) groups excluding carboxylic acids is 1. The monoisotopic (exact) mass is 306 g/mol. The van der Waals surface area contributed by atoms with Gasteiger partial charge < -0.3 is 10.1 Å². The normalized spacial score (nSPS) is 11.4. The van der Waals surface area contributed by atoms with Gasteiger partial charge in [0, 0.05) is 12.3 Å². The van der Waals surface area contributed by atoms with Gasteiger partial charge >= 0.3 is 12.1 Å². The first-order chi connectivity index (χ1) is 9.41. The number of hydrogen-bond donors (Lipinski definition) is 2. The summed E-state index contributed by atoms with van der Waals surface area (Å²) in [5.41, 5.74) is -1.26. The smallest absolute Gasteiger partial charge is 0.435 e. The summed E-state index contributed by atoms with van der Waals surface area (Å²) in [6.07, 6.45) is -3.24. The predicted molar refractivity (Wildman–Crippen MR) is 64.9 cm³/mol. The van der Waals surface area contributed by atoms with E-state index in [1.54, 1.807) is 0 Å². The molecular formula is C10H9F3N4O2S. The fraction of sp³-hybridized carbons (Fsp3) is 0.300. The zero-order valence-corrected chi connectivity index (χ0v) is 10.9. The van der Waals surface area contributed by atoms with E-state index in [1.807, 2.05) is 0 Å². The van der Waals surface area contributed by atoms with Crippen molar-refractivity contribution in [1.29, 1.82) is 0 Å². The van der Waals surface area contributed by atoms with E-state index >= 15 is 0 Å². The maximum absolute atomic E-state index is 12.8. The summed E-state index contributed by atoms with van der Waals surface area (Å²) in [7, 11) is 0. The van der Waals surface area contributed by atoms with Crippen molar-refractivity contribution in [2.75, 3.05) is 11.9 Å². The molecule has 0 saturated heterocycles. The number of thiazole rings is 1. The van der Waals surface area contributed by atoms with Gasteiger partial charge in [-0.2, -0.15) is 18.3 Å². The molecule has 0 aliphatic carbocycles. The number of halogens is 3. The van der Waals surface area contributed by atoms with Crippen LogP contribution in [-0.4, -0.2) is 27.8 Å². The third-order valence-electron chi connectivity index (χ3n) is 2.09. The first-order valence-electron chi connectivity index (χ1n) is 5.43. The SMILES string of the molecule is CCOC(=O)c1sc(Nc2cc[nH]n2)nc1C(F)(F)F. The van der Waals surface area contributed by atoms with E-state index in [4.69, 9.17) is 0 Å². The van der Waals surface area contributed by atoms with Crippen molar-refractivity contribution in [3.63, 3.8) is 0 Å². The van der Waals surface area contributed by atoms with Crippen LogP contribution in [0.4, 0.5) is 24.1 Å². The molecule has 2 aromatic heterocycles. The average Bonchev–Trinajstić information content (AvgIpc) is 2.98. The molecule has 2 aromatic rings. The number of ether oxygens (including phenoxy) is 1. The van der Waals surface area contributed by atoms with Crippen LogP contribution in [0.5, 0.6) is 0 Å². The number of nitrogens with zero attached hydrogens (tertiary/aromatic N) is 2. The number of anilines is 2. The molecule has 0 saturated carbocycles. The standard InChI is InChI=1S/C10H9F3N4O2S/c1-2-19-8(18)6-7(10(11,12)13)16-9(20-6)15-5-3-4-14-17-5/h3-4H,2H2,1H3,(H2,14,15,16,17). The van der Waals surface area contributed by atoms with E-state index in [2.05, 4.69) is 25.2 Å². The van der Waals surface area contributed by atoms with Crippen LogP contribution in [0.15, 0.2) is 12.3 Å². The fourth-order valence-corrected chi connectivity index (χ4v) is 2.23. The maximum atomic E-state index is 12.8. The molecule has 2 rings (SSSR count). The van der Waals surface area contributed by atoms with E-state index in [1.165, 1.54) is 19.2 Å². The van der Waals surface area contributed by atoms with Crippen LogP contribution in [-0.2, 0) is 10.9 Å². The second-order valence-electron chi connectivity index (χ2n) is 3.50. The van der Waals surface area contributed by atoms with Crippen molar-refractivity contribution in [1.82, 2.24) is 15.2 Å². The number of aromatic nitrogens is 3. The minimum absolute atomic E-state index is 0.0177. The summed E-state index contributed by atoms with van der Waals surface area (Å²) < 4.78 is 43.1. The van der Waals surface area contributed by atoms with Crippen LogP contribution < -0.4 is 5.32 Å². The van der Waals surface area contributed by atoms with Gasteiger partial charge in [-0.15, -0.1) is 0 Å². The molecule has 0 bridgehead atoms. The van der Waals surface area contributed by atoms with Gasteiger partial charge in [-0.25, -0.2) is 9.78 Å². The Bertz CT molecular complexity index is 594. The summed E-state index contributed by atoms with van der Waals surface area (Å²) in [6, 6.07) is 1.51. The largest absolute Gasteiger partial charge is 0.462 e. The lowest BCUT2D eigenvalue weighted by atomic mass is 10.3. The summed E-state index contributed by atoms with van der Waals surface area (Å²) in [5, 5.41) is 8.70. The lowest BCUT2D eigenvalue weighted by Gasteiger charge is -2.04. The van der Waals surface area contributed by atoms with E-state index in [0.29, 0.717) is 17.2 Å². The van der Waals surface area contributed by atoms with Crippen molar-refractivity contribution in [2.24, 2.45) is 0 Å². The third-order valence-corrected chi connectivity index (χ3v) is 3.04. The second kappa shape index (κ2) is 5.49. The molecule has 108 valence electrons. The van der Waals surface area contributed by atoms with Crippen LogP contribution in [0.3, 0.4) is 0 Å². The Morgan fingerprint density at radius 2 is 2.30 bits per heavy atom. The Morgan fingerprint density at radius 3 is 2.85 bits per heavy atom. The number of carbonyl (C=O) groups is 1. The molecular weight excluding hydrogens is 297 g/mol. The molecule has 0 aliphatic rings. The molecule has 0 unspecified atom stereocenters. The van der Waals surface area contributed by atoms with Crippen molar-refractivity contribution in [2.45, 2.75) is 13.1 Å². The van der Waals surface area contributed by atoms with Crippen molar-refractivity contribution in [3.8, 4) is 0 Å². The van der Waals surface area contributed by atoms with Crippen LogP contribution in [0, 0.1) is 0 Å². The zero-order chi connectivity index (χ0) is 14.8. The fourth-order valence-electron chi connectivity index (χ4n) is 1.34. The van der Waals surface area contributed by atoms with Crippen LogP contribution in [0.2, 0.25) is 0 Å². The topological polar surface area (TPSA) is 79.9 Å². The number of nitrogens with one attached hydrogen (secondary N) is 2. The molecule has 10 heteroatoms. The van der Waals surface area contributed by atoms with Gasteiger partial charge in [-0.1, -0.05) is 11.3 Å². The summed E-state index contributed by atoms with van der Waals surface area (Å²) in [6.45, 7) is 1.49. The van der Waals surface area contributed by atoms with Gasteiger partial charge in [-0.3, -0.25) is 5.10 Å². The maximum Gasteiger partial charge on any atom is 0.435 e. The first kappa shape index (κ1) is 14.3. The molecule has 0 radical (unpaired) electrons. The van der Waals surface area contributed by atoms with Crippen molar-refractivity contribution < 1.29 is 22.7 Å². The molecule has 0 aromatic carbocycles. The number of hydrogen-bond acceptors (Lipinski definition) is 6. The quantitative estimate of drug-likeness (QED) is 0.849. The Labute approximate surface area is 115 Å². The number of aromatic amines is 1. The minimum atomic E-state index is -4.73. The predicted octanol–water partition coefficient (Wildman–Crippen LogP) is 2.81. The highest BCUT2D eigenvalue weighted by Gasteiger charge is 2.40. The van der Waals surface area contributed by atoms with Crippen LogP contribution >= 0.6 is 11.3 Å².